The van der Waals surface area contributed by atoms with Gasteiger partial charge in [-0.15, -0.1) is 0 Å². The molecule has 0 aliphatic rings. The third-order valence-corrected chi connectivity index (χ3v) is 3.81. The monoisotopic (exact) mass is 389 g/mol. The fraction of sp³-hybridized carbons (Fsp3) is 0.0455. The number of benzene rings is 3. The van der Waals surface area contributed by atoms with Crippen molar-refractivity contribution in [3.8, 4) is 17.2 Å². The second-order valence-corrected chi connectivity index (χ2v) is 5.83. The van der Waals surface area contributed by atoms with Gasteiger partial charge in [0.05, 0.1) is 13.3 Å². The molecule has 7 nitrogen and oxygen atoms in total. The molecule has 0 unspecified atom stereocenters. The Morgan fingerprint density at radius 1 is 0.828 bits per heavy atom. The predicted octanol–water partition coefficient (Wildman–Crippen LogP) is 3.58. The van der Waals surface area contributed by atoms with E-state index < -0.39 is 11.8 Å². The van der Waals surface area contributed by atoms with Gasteiger partial charge in [-0.05, 0) is 48.5 Å². The molecular weight excluding hydrogens is 370 g/mol. The fourth-order valence-corrected chi connectivity index (χ4v) is 2.40. The highest BCUT2D eigenvalue weighted by atomic mass is 16.5. The summed E-state index contributed by atoms with van der Waals surface area (Å²) in [4.78, 5) is 23.9. The Bertz CT molecular complexity index is 1000. The van der Waals surface area contributed by atoms with Gasteiger partial charge in [0.2, 0.25) is 0 Å². The average Bonchev–Trinajstić information content (AvgIpc) is 2.76. The van der Waals surface area contributed by atoms with Crippen molar-refractivity contribution >= 4 is 23.7 Å². The Morgan fingerprint density at radius 2 is 1.48 bits per heavy atom. The summed E-state index contributed by atoms with van der Waals surface area (Å²) >= 11 is 0. The van der Waals surface area contributed by atoms with Crippen molar-refractivity contribution in [1.29, 1.82) is 0 Å². The number of hydrazone groups is 1. The van der Waals surface area contributed by atoms with Gasteiger partial charge in [-0.2, -0.15) is 5.10 Å². The maximum absolute atomic E-state index is 12.0. The molecule has 3 aromatic rings. The van der Waals surface area contributed by atoms with Crippen LogP contribution >= 0.6 is 0 Å². The van der Waals surface area contributed by atoms with Crippen LogP contribution in [0.5, 0.6) is 17.2 Å². The lowest BCUT2D eigenvalue weighted by Crippen LogP contribution is -2.32. The van der Waals surface area contributed by atoms with E-state index >= 15 is 0 Å². The molecule has 0 spiro atoms. The summed E-state index contributed by atoms with van der Waals surface area (Å²) in [6.07, 6.45) is 1.40. The van der Waals surface area contributed by atoms with Crippen LogP contribution in [-0.2, 0) is 9.59 Å². The minimum atomic E-state index is -0.888. The molecule has 7 heteroatoms. The normalized spacial score (nSPS) is 10.4. The standard InChI is InChI=1S/C22H19N3O4/c1-28-20-10-6-5-7-16(20)15-23-25-22(27)21(26)24-17-11-13-19(14-12-17)29-18-8-3-2-4-9-18/h2-15H,1H3,(H,24,26)(H,25,27). The summed E-state index contributed by atoms with van der Waals surface area (Å²) in [7, 11) is 1.54. The van der Waals surface area contributed by atoms with Crippen LogP contribution in [0.25, 0.3) is 0 Å². The number of nitrogens with zero attached hydrogens (tertiary/aromatic N) is 1. The maximum Gasteiger partial charge on any atom is 0.329 e. The number of methoxy groups -OCH3 is 1. The summed E-state index contributed by atoms with van der Waals surface area (Å²) in [5.74, 6) is 0.198. The summed E-state index contributed by atoms with van der Waals surface area (Å²) in [5, 5.41) is 6.29. The maximum atomic E-state index is 12.0. The molecule has 0 atom stereocenters. The lowest BCUT2D eigenvalue weighted by atomic mass is 10.2. The highest BCUT2D eigenvalue weighted by molar-refractivity contribution is 6.39. The van der Waals surface area contributed by atoms with Crippen molar-refractivity contribution < 1.29 is 19.1 Å². The molecule has 2 N–H and O–H groups in total. The number of ether oxygens (including phenoxy) is 2. The molecule has 3 aromatic carbocycles. The van der Waals surface area contributed by atoms with Crippen LogP contribution in [0.15, 0.2) is 84.0 Å². The highest BCUT2D eigenvalue weighted by Crippen LogP contribution is 2.22. The number of hydrogen-bond donors (Lipinski definition) is 2. The minimum Gasteiger partial charge on any atom is -0.496 e. The van der Waals surface area contributed by atoms with E-state index in [1.54, 1.807) is 36.4 Å². The first-order chi connectivity index (χ1) is 14.2. The SMILES string of the molecule is COc1ccccc1C=NNC(=O)C(=O)Nc1ccc(Oc2ccccc2)cc1. The molecule has 0 aromatic heterocycles. The number of carbonyl (C=O) groups excluding carboxylic acids is 2. The zero-order valence-corrected chi connectivity index (χ0v) is 15.7. The van der Waals surface area contributed by atoms with Crippen molar-refractivity contribution in [1.82, 2.24) is 5.43 Å². The van der Waals surface area contributed by atoms with Crippen LogP contribution in [0.1, 0.15) is 5.56 Å². The molecule has 3 rings (SSSR count). The van der Waals surface area contributed by atoms with Gasteiger partial charge < -0.3 is 14.8 Å². The van der Waals surface area contributed by atoms with E-state index in [9.17, 15) is 9.59 Å². The third kappa shape index (κ3) is 5.67. The van der Waals surface area contributed by atoms with E-state index in [4.69, 9.17) is 9.47 Å². The second-order valence-electron chi connectivity index (χ2n) is 5.83. The van der Waals surface area contributed by atoms with Crippen molar-refractivity contribution in [2.24, 2.45) is 5.10 Å². The zero-order chi connectivity index (χ0) is 20.5. The number of rotatable bonds is 6. The number of nitrogens with one attached hydrogen (secondary N) is 2. The predicted molar refractivity (Wildman–Crippen MR) is 110 cm³/mol. The van der Waals surface area contributed by atoms with Crippen LogP contribution in [-0.4, -0.2) is 25.1 Å². The van der Waals surface area contributed by atoms with Gasteiger partial charge in [0.15, 0.2) is 0 Å². The first-order valence-corrected chi connectivity index (χ1v) is 8.76. The Morgan fingerprint density at radius 3 is 2.21 bits per heavy atom. The van der Waals surface area contributed by atoms with Crippen LogP contribution in [0.4, 0.5) is 5.69 Å². The van der Waals surface area contributed by atoms with E-state index in [1.807, 2.05) is 42.5 Å². The molecule has 0 aliphatic heterocycles. The van der Waals surface area contributed by atoms with Gasteiger partial charge in [-0.3, -0.25) is 9.59 Å². The second kappa shape index (κ2) is 9.70. The molecule has 0 bridgehead atoms. The number of amides is 2. The van der Waals surface area contributed by atoms with E-state index in [-0.39, 0.29) is 0 Å². The summed E-state index contributed by atoms with van der Waals surface area (Å²) in [5.41, 5.74) is 3.31. The fourth-order valence-electron chi connectivity index (χ4n) is 2.40. The Kier molecular flexibility index (Phi) is 6.57. The minimum absolute atomic E-state index is 0.458. The topological polar surface area (TPSA) is 89.0 Å². The quantitative estimate of drug-likeness (QED) is 0.383. The number of anilines is 1. The summed E-state index contributed by atoms with van der Waals surface area (Å²) in [6.45, 7) is 0. The van der Waals surface area contributed by atoms with E-state index in [0.29, 0.717) is 28.5 Å². The molecule has 0 fully saturated rings. The first kappa shape index (κ1) is 19.6. The molecule has 0 saturated heterocycles. The van der Waals surface area contributed by atoms with Crippen LogP contribution in [0.2, 0.25) is 0 Å². The number of para-hydroxylation sites is 2. The molecule has 2 amide bonds. The van der Waals surface area contributed by atoms with Crippen molar-refractivity contribution in [2.45, 2.75) is 0 Å². The van der Waals surface area contributed by atoms with Gasteiger partial charge in [0.1, 0.15) is 17.2 Å². The average molecular weight is 389 g/mol. The van der Waals surface area contributed by atoms with Crippen LogP contribution < -0.4 is 20.2 Å². The Balaban J connectivity index is 1.52. The largest absolute Gasteiger partial charge is 0.496 e. The van der Waals surface area contributed by atoms with Crippen LogP contribution in [0, 0.1) is 0 Å². The molecule has 0 heterocycles. The number of carbonyl (C=O) groups is 2. The Hall–Kier alpha value is -4.13. The van der Waals surface area contributed by atoms with E-state index in [1.165, 1.54) is 13.3 Å². The van der Waals surface area contributed by atoms with E-state index in [2.05, 4.69) is 15.8 Å². The summed E-state index contributed by atoms with van der Waals surface area (Å²) in [6, 6.07) is 23.2. The Labute approximate surface area is 168 Å². The molecule has 29 heavy (non-hydrogen) atoms. The van der Waals surface area contributed by atoms with E-state index in [0.717, 1.165) is 0 Å². The smallest absolute Gasteiger partial charge is 0.329 e. The van der Waals surface area contributed by atoms with Gasteiger partial charge in [-0.25, -0.2) is 5.43 Å². The number of hydrogen-bond acceptors (Lipinski definition) is 5. The first-order valence-electron chi connectivity index (χ1n) is 8.76. The van der Waals surface area contributed by atoms with Gasteiger partial charge in [-0.1, -0.05) is 30.3 Å². The molecular formula is C22H19N3O4. The summed E-state index contributed by atoms with van der Waals surface area (Å²) < 4.78 is 10.9. The highest BCUT2D eigenvalue weighted by Gasteiger charge is 2.13. The van der Waals surface area contributed by atoms with Gasteiger partial charge in [0, 0.05) is 11.3 Å². The van der Waals surface area contributed by atoms with Crippen LogP contribution in [0.3, 0.4) is 0 Å². The molecule has 0 saturated carbocycles. The van der Waals surface area contributed by atoms with Crippen molar-refractivity contribution in [3.05, 3.63) is 84.4 Å². The zero-order valence-electron chi connectivity index (χ0n) is 15.7. The third-order valence-electron chi connectivity index (χ3n) is 3.81. The van der Waals surface area contributed by atoms with Gasteiger partial charge >= 0.3 is 11.8 Å². The van der Waals surface area contributed by atoms with Crippen molar-refractivity contribution in [3.63, 3.8) is 0 Å². The lowest BCUT2D eigenvalue weighted by molar-refractivity contribution is -0.136. The van der Waals surface area contributed by atoms with Crippen molar-refractivity contribution in [2.75, 3.05) is 12.4 Å². The lowest BCUT2D eigenvalue weighted by Gasteiger charge is -2.07. The molecule has 146 valence electrons. The molecule has 0 radical (unpaired) electrons. The molecule has 0 aliphatic carbocycles. The van der Waals surface area contributed by atoms with Gasteiger partial charge in [0.25, 0.3) is 0 Å².